The van der Waals surface area contributed by atoms with Crippen molar-refractivity contribution in [3.05, 3.63) is 63.1 Å². The molecule has 1 atom stereocenters. The summed E-state index contributed by atoms with van der Waals surface area (Å²) in [5.74, 6) is -0.351. The lowest BCUT2D eigenvalue weighted by Gasteiger charge is -2.10. The number of carbonyl (C=O) groups excluding carboxylic acids is 1. The van der Waals surface area contributed by atoms with Crippen LogP contribution in [0.3, 0.4) is 0 Å². The predicted octanol–water partition coefficient (Wildman–Crippen LogP) is 5.07. The van der Waals surface area contributed by atoms with Crippen LogP contribution in [-0.2, 0) is 4.79 Å². The van der Waals surface area contributed by atoms with Crippen LogP contribution in [0.4, 0.5) is 22.2 Å². The summed E-state index contributed by atoms with van der Waals surface area (Å²) in [5.41, 5.74) is 0.882. The SMILES string of the molecule is CC(Sc1nnc(Nc2cccc(Br)c2)s1)C(=O)Nc1ccccc1[N+](=O)[O-]. The summed E-state index contributed by atoms with van der Waals surface area (Å²) < 4.78 is 1.56. The first kappa shape index (κ1) is 20.2. The molecule has 0 bridgehead atoms. The number of rotatable bonds is 7. The maximum absolute atomic E-state index is 12.4. The van der Waals surface area contributed by atoms with Gasteiger partial charge in [0, 0.05) is 16.2 Å². The van der Waals surface area contributed by atoms with E-state index in [-0.39, 0.29) is 17.3 Å². The average molecular weight is 480 g/mol. The topological polar surface area (TPSA) is 110 Å². The molecule has 1 amide bonds. The molecule has 0 fully saturated rings. The number of benzene rings is 2. The number of carbonyl (C=O) groups is 1. The summed E-state index contributed by atoms with van der Waals surface area (Å²) in [6.07, 6.45) is 0. The summed E-state index contributed by atoms with van der Waals surface area (Å²) in [5, 5.41) is 25.1. The fourth-order valence-electron chi connectivity index (χ4n) is 2.18. The molecule has 2 aromatic carbocycles. The van der Waals surface area contributed by atoms with Crippen molar-refractivity contribution in [3.63, 3.8) is 0 Å². The Morgan fingerprint density at radius 1 is 1.25 bits per heavy atom. The van der Waals surface area contributed by atoms with Crippen molar-refractivity contribution in [3.8, 4) is 0 Å². The van der Waals surface area contributed by atoms with E-state index in [1.807, 2.05) is 24.3 Å². The van der Waals surface area contributed by atoms with Gasteiger partial charge in [0.15, 0.2) is 4.34 Å². The van der Waals surface area contributed by atoms with Gasteiger partial charge in [-0.2, -0.15) is 0 Å². The quantitative estimate of drug-likeness (QED) is 0.276. The van der Waals surface area contributed by atoms with Crippen LogP contribution >= 0.6 is 39.0 Å². The Hall–Kier alpha value is -2.50. The standard InChI is InChI=1S/C17H14BrN5O3S2/c1-10(15(24)20-13-7-2-3-8-14(13)23(25)26)27-17-22-21-16(28-17)19-12-6-4-5-11(18)9-12/h2-10H,1H3,(H,19,21)(H,20,24). The third-order valence-electron chi connectivity index (χ3n) is 3.49. The van der Waals surface area contributed by atoms with Crippen molar-refractivity contribution >= 4 is 67.1 Å². The highest BCUT2D eigenvalue weighted by Gasteiger charge is 2.21. The Balaban J connectivity index is 1.62. The van der Waals surface area contributed by atoms with Gasteiger partial charge in [-0.3, -0.25) is 14.9 Å². The maximum Gasteiger partial charge on any atom is 0.292 e. The van der Waals surface area contributed by atoms with Crippen molar-refractivity contribution in [2.75, 3.05) is 10.6 Å². The van der Waals surface area contributed by atoms with Gasteiger partial charge in [-0.1, -0.05) is 57.2 Å². The van der Waals surface area contributed by atoms with E-state index in [0.29, 0.717) is 9.47 Å². The normalized spacial score (nSPS) is 11.6. The lowest BCUT2D eigenvalue weighted by atomic mass is 10.2. The number of anilines is 3. The molecule has 3 rings (SSSR count). The van der Waals surface area contributed by atoms with E-state index in [4.69, 9.17) is 0 Å². The minimum Gasteiger partial charge on any atom is -0.330 e. The molecule has 1 aromatic heterocycles. The van der Waals surface area contributed by atoms with Crippen LogP contribution in [0.25, 0.3) is 0 Å². The Morgan fingerprint density at radius 2 is 2.04 bits per heavy atom. The maximum atomic E-state index is 12.4. The van der Waals surface area contributed by atoms with Crippen LogP contribution in [0.5, 0.6) is 0 Å². The van der Waals surface area contributed by atoms with Crippen molar-refractivity contribution in [2.24, 2.45) is 0 Å². The molecule has 0 radical (unpaired) electrons. The number of nitrogens with one attached hydrogen (secondary N) is 2. The molecule has 0 spiro atoms. The molecule has 2 N–H and O–H groups in total. The number of nitro groups is 1. The van der Waals surface area contributed by atoms with Crippen LogP contribution in [0.1, 0.15) is 6.92 Å². The van der Waals surface area contributed by atoms with E-state index in [2.05, 4.69) is 36.8 Å². The number of amides is 1. The van der Waals surface area contributed by atoms with E-state index in [1.54, 1.807) is 19.1 Å². The van der Waals surface area contributed by atoms with Crippen LogP contribution in [0, 0.1) is 10.1 Å². The first-order valence-corrected chi connectivity index (χ1v) is 10.5. The average Bonchev–Trinajstić information content (AvgIpc) is 3.08. The Bertz CT molecular complexity index is 1010. The molecule has 0 saturated heterocycles. The largest absolute Gasteiger partial charge is 0.330 e. The second-order valence-corrected chi connectivity index (χ2v) is 9.01. The van der Waals surface area contributed by atoms with Gasteiger partial charge in [-0.25, -0.2) is 0 Å². The van der Waals surface area contributed by atoms with E-state index in [0.717, 1.165) is 10.2 Å². The summed E-state index contributed by atoms with van der Waals surface area (Å²) in [6, 6.07) is 13.7. The van der Waals surface area contributed by atoms with E-state index < -0.39 is 10.2 Å². The Kier molecular flexibility index (Phi) is 6.60. The van der Waals surface area contributed by atoms with Gasteiger partial charge < -0.3 is 10.6 Å². The minimum absolute atomic E-state index is 0.149. The third kappa shape index (κ3) is 5.27. The molecule has 144 valence electrons. The smallest absolute Gasteiger partial charge is 0.292 e. The van der Waals surface area contributed by atoms with Gasteiger partial charge in [-0.05, 0) is 31.2 Å². The number of halogens is 1. The summed E-state index contributed by atoms with van der Waals surface area (Å²) >= 11 is 5.96. The molecule has 0 aliphatic heterocycles. The molecule has 0 saturated carbocycles. The zero-order valence-corrected chi connectivity index (χ0v) is 17.7. The number of para-hydroxylation sites is 2. The minimum atomic E-state index is -0.530. The summed E-state index contributed by atoms with van der Waals surface area (Å²) in [7, 11) is 0. The zero-order chi connectivity index (χ0) is 20.1. The van der Waals surface area contributed by atoms with Crippen molar-refractivity contribution in [1.29, 1.82) is 0 Å². The summed E-state index contributed by atoms with van der Waals surface area (Å²) in [4.78, 5) is 22.9. The molecule has 11 heteroatoms. The lowest BCUT2D eigenvalue weighted by molar-refractivity contribution is -0.383. The Morgan fingerprint density at radius 3 is 2.79 bits per heavy atom. The highest BCUT2D eigenvalue weighted by Crippen LogP contribution is 2.32. The van der Waals surface area contributed by atoms with Gasteiger partial charge in [0.25, 0.3) is 5.69 Å². The lowest BCUT2D eigenvalue weighted by Crippen LogP contribution is -2.22. The fourth-order valence-corrected chi connectivity index (χ4v) is 4.49. The van der Waals surface area contributed by atoms with E-state index in [1.165, 1.54) is 35.2 Å². The van der Waals surface area contributed by atoms with Crippen molar-refractivity contribution < 1.29 is 9.72 Å². The van der Waals surface area contributed by atoms with E-state index in [9.17, 15) is 14.9 Å². The molecule has 0 aliphatic carbocycles. The molecule has 3 aromatic rings. The molecule has 28 heavy (non-hydrogen) atoms. The second kappa shape index (κ2) is 9.13. The molecule has 1 unspecified atom stereocenters. The number of aromatic nitrogens is 2. The van der Waals surface area contributed by atoms with Crippen LogP contribution in [0.15, 0.2) is 57.3 Å². The van der Waals surface area contributed by atoms with Crippen molar-refractivity contribution in [1.82, 2.24) is 10.2 Å². The van der Waals surface area contributed by atoms with E-state index >= 15 is 0 Å². The first-order chi connectivity index (χ1) is 13.4. The molecule has 8 nitrogen and oxygen atoms in total. The highest BCUT2D eigenvalue weighted by atomic mass is 79.9. The van der Waals surface area contributed by atoms with Gasteiger partial charge in [0.05, 0.1) is 10.2 Å². The predicted molar refractivity (Wildman–Crippen MR) is 114 cm³/mol. The third-order valence-corrected chi connectivity index (χ3v) is 6.00. The second-order valence-electron chi connectivity index (χ2n) is 5.53. The number of nitrogens with zero attached hydrogens (tertiary/aromatic N) is 3. The number of nitro benzene ring substituents is 1. The zero-order valence-electron chi connectivity index (χ0n) is 14.5. The van der Waals surface area contributed by atoms with Crippen molar-refractivity contribution in [2.45, 2.75) is 16.5 Å². The Labute approximate surface area is 177 Å². The van der Waals surface area contributed by atoms with Gasteiger partial charge >= 0.3 is 0 Å². The van der Waals surface area contributed by atoms with Crippen LogP contribution < -0.4 is 10.6 Å². The number of hydrogen-bond acceptors (Lipinski definition) is 8. The molecule has 1 heterocycles. The van der Waals surface area contributed by atoms with Crippen LogP contribution in [-0.4, -0.2) is 26.3 Å². The van der Waals surface area contributed by atoms with Gasteiger partial charge in [0.1, 0.15) is 5.69 Å². The molecule has 0 aliphatic rings. The van der Waals surface area contributed by atoms with Gasteiger partial charge in [-0.15, -0.1) is 10.2 Å². The molecular weight excluding hydrogens is 466 g/mol. The fraction of sp³-hybridized carbons (Fsp3) is 0.118. The monoisotopic (exact) mass is 479 g/mol. The highest BCUT2D eigenvalue weighted by molar-refractivity contribution is 9.10. The van der Waals surface area contributed by atoms with Gasteiger partial charge in [0.2, 0.25) is 11.0 Å². The molecular formula is C17H14BrN5O3S2. The van der Waals surface area contributed by atoms with Crippen LogP contribution in [0.2, 0.25) is 0 Å². The summed E-state index contributed by atoms with van der Waals surface area (Å²) in [6.45, 7) is 1.71. The number of thioether (sulfide) groups is 1. The first-order valence-electron chi connectivity index (χ1n) is 7.99. The number of hydrogen-bond donors (Lipinski definition) is 2.